The first-order valence-corrected chi connectivity index (χ1v) is 6.50. The third-order valence-electron chi connectivity index (χ3n) is 2.64. The molecular weight excluding hydrogens is 274 g/mol. The van der Waals surface area contributed by atoms with Gasteiger partial charge in [-0.3, -0.25) is 9.59 Å². The van der Waals surface area contributed by atoms with E-state index in [1.165, 1.54) is 20.1 Å². The zero-order valence-electron chi connectivity index (χ0n) is 12.3. The van der Waals surface area contributed by atoms with Gasteiger partial charge in [-0.25, -0.2) is 0 Å². The SMILES string of the molecule is CCOc1ccc(/C=C/C(=O)N[C@@H](C)C(=O)O)cc1OC. The number of carbonyl (C=O) groups is 2. The largest absolute Gasteiger partial charge is 0.493 e. The van der Waals surface area contributed by atoms with Gasteiger partial charge in [-0.2, -0.15) is 0 Å². The van der Waals surface area contributed by atoms with Crippen molar-refractivity contribution in [2.24, 2.45) is 0 Å². The highest BCUT2D eigenvalue weighted by Crippen LogP contribution is 2.28. The molecule has 0 radical (unpaired) electrons. The molecule has 6 nitrogen and oxygen atoms in total. The first kappa shape index (κ1) is 16.6. The molecule has 0 bridgehead atoms. The smallest absolute Gasteiger partial charge is 0.325 e. The Morgan fingerprint density at radius 2 is 2.10 bits per heavy atom. The van der Waals surface area contributed by atoms with Gasteiger partial charge in [0.2, 0.25) is 5.91 Å². The second kappa shape index (κ2) is 7.94. The molecule has 114 valence electrons. The van der Waals surface area contributed by atoms with Crippen LogP contribution in [-0.2, 0) is 9.59 Å². The Bertz CT molecular complexity index is 539. The highest BCUT2D eigenvalue weighted by molar-refractivity contribution is 5.94. The van der Waals surface area contributed by atoms with Crippen molar-refractivity contribution < 1.29 is 24.2 Å². The summed E-state index contributed by atoms with van der Waals surface area (Å²) in [6.07, 6.45) is 2.84. The molecule has 0 spiro atoms. The predicted octanol–water partition coefficient (Wildman–Crippen LogP) is 1.70. The van der Waals surface area contributed by atoms with Crippen LogP contribution in [0.4, 0.5) is 0 Å². The van der Waals surface area contributed by atoms with Crippen LogP contribution in [0, 0.1) is 0 Å². The Kier molecular flexibility index (Phi) is 6.26. The fraction of sp³-hybridized carbons (Fsp3) is 0.333. The van der Waals surface area contributed by atoms with Crippen molar-refractivity contribution in [1.29, 1.82) is 0 Å². The third-order valence-corrected chi connectivity index (χ3v) is 2.64. The number of amides is 1. The molecule has 1 aromatic rings. The van der Waals surface area contributed by atoms with E-state index in [0.717, 1.165) is 5.56 Å². The van der Waals surface area contributed by atoms with E-state index in [2.05, 4.69) is 5.32 Å². The summed E-state index contributed by atoms with van der Waals surface area (Å²) in [7, 11) is 1.53. The Morgan fingerprint density at radius 1 is 1.38 bits per heavy atom. The summed E-state index contributed by atoms with van der Waals surface area (Å²) in [5.41, 5.74) is 0.744. The van der Waals surface area contributed by atoms with E-state index in [4.69, 9.17) is 14.6 Å². The number of carboxylic acids is 1. The Morgan fingerprint density at radius 3 is 2.67 bits per heavy atom. The van der Waals surface area contributed by atoms with Gasteiger partial charge in [-0.05, 0) is 37.6 Å². The molecule has 0 aliphatic carbocycles. The zero-order chi connectivity index (χ0) is 15.8. The van der Waals surface area contributed by atoms with Gasteiger partial charge >= 0.3 is 5.97 Å². The maximum absolute atomic E-state index is 11.5. The Hall–Kier alpha value is -2.50. The van der Waals surface area contributed by atoms with Gasteiger partial charge in [0, 0.05) is 6.08 Å². The molecule has 1 aromatic carbocycles. The van der Waals surface area contributed by atoms with Crippen molar-refractivity contribution in [3.05, 3.63) is 29.8 Å². The first-order valence-electron chi connectivity index (χ1n) is 6.50. The highest BCUT2D eigenvalue weighted by atomic mass is 16.5. The molecule has 21 heavy (non-hydrogen) atoms. The summed E-state index contributed by atoms with van der Waals surface area (Å²) in [4.78, 5) is 22.2. The lowest BCUT2D eigenvalue weighted by molar-refractivity contribution is -0.140. The molecule has 2 N–H and O–H groups in total. The second-order valence-electron chi connectivity index (χ2n) is 4.25. The maximum atomic E-state index is 11.5. The molecule has 1 amide bonds. The quantitative estimate of drug-likeness (QED) is 0.747. The number of hydrogen-bond acceptors (Lipinski definition) is 4. The van der Waals surface area contributed by atoms with Gasteiger partial charge in [0.25, 0.3) is 0 Å². The zero-order valence-corrected chi connectivity index (χ0v) is 12.3. The van der Waals surface area contributed by atoms with Crippen LogP contribution in [0.25, 0.3) is 6.08 Å². The van der Waals surface area contributed by atoms with Crippen LogP contribution in [-0.4, -0.2) is 36.7 Å². The minimum atomic E-state index is -1.08. The van der Waals surface area contributed by atoms with E-state index < -0.39 is 17.9 Å². The number of aliphatic carboxylic acids is 1. The van der Waals surface area contributed by atoms with Gasteiger partial charge in [0.1, 0.15) is 6.04 Å². The van der Waals surface area contributed by atoms with Crippen LogP contribution in [0.3, 0.4) is 0 Å². The lowest BCUT2D eigenvalue weighted by atomic mass is 10.2. The van der Waals surface area contributed by atoms with Gasteiger partial charge in [0.05, 0.1) is 13.7 Å². The molecule has 0 aromatic heterocycles. The lowest BCUT2D eigenvalue weighted by Crippen LogP contribution is -2.37. The van der Waals surface area contributed by atoms with Crippen LogP contribution in [0.15, 0.2) is 24.3 Å². The molecule has 0 saturated heterocycles. The van der Waals surface area contributed by atoms with Crippen LogP contribution in [0.1, 0.15) is 19.4 Å². The number of benzene rings is 1. The summed E-state index contributed by atoms with van der Waals surface area (Å²) < 4.78 is 10.6. The average molecular weight is 293 g/mol. The van der Waals surface area contributed by atoms with Gasteiger partial charge in [0.15, 0.2) is 11.5 Å². The summed E-state index contributed by atoms with van der Waals surface area (Å²) in [6.45, 7) is 3.80. The van der Waals surface area contributed by atoms with E-state index in [9.17, 15) is 9.59 Å². The molecule has 0 heterocycles. The topological polar surface area (TPSA) is 84.9 Å². The number of ether oxygens (including phenoxy) is 2. The average Bonchev–Trinajstić information content (AvgIpc) is 2.46. The maximum Gasteiger partial charge on any atom is 0.325 e. The normalized spacial score (nSPS) is 12.0. The molecule has 1 rings (SSSR count). The third kappa shape index (κ3) is 5.18. The van der Waals surface area contributed by atoms with Crippen LogP contribution < -0.4 is 14.8 Å². The van der Waals surface area contributed by atoms with Crippen molar-refractivity contribution in [3.8, 4) is 11.5 Å². The molecule has 0 saturated carbocycles. The van der Waals surface area contributed by atoms with E-state index in [1.54, 1.807) is 24.3 Å². The number of rotatable bonds is 7. The molecule has 0 aliphatic heterocycles. The van der Waals surface area contributed by atoms with E-state index in [-0.39, 0.29) is 0 Å². The number of carboxylic acid groups (broad SMARTS) is 1. The van der Waals surface area contributed by atoms with Gasteiger partial charge < -0.3 is 19.9 Å². The monoisotopic (exact) mass is 293 g/mol. The molecular formula is C15H19NO5. The summed E-state index contributed by atoms with van der Waals surface area (Å²) in [5, 5.41) is 11.0. The number of methoxy groups -OCH3 is 1. The van der Waals surface area contributed by atoms with Crippen molar-refractivity contribution in [3.63, 3.8) is 0 Å². The number of nitrogens with one attached hydrogen (secondary N) is 1. The summed E-state index contributed by atoms with van der Waals surface area (Å²) >= 11 is 0. The van der Waals surface area contributed by atoms with E-state index in [1.807, 2.05) is 6.92 Å². The molecule has 0 unspecified atom stereocenters. The minimum Gasteiger partial charge on any atom is -0.493 e. The first-order chi connectivity index (χ1) is 9.97. The minimum absolute atomic E-state index is 0.474. The summed E-state index contributed by atoms with van der Waals surface area (Å²) in [5.74, 6) is -0.364. The standard InChI is InChI=1S/C15H19NO5/c1-4-21-12-7-5-11(9-13(12)20-3)6-8-14(17)16-10(2)15(18)19/h5-10H,4H2,1-3H3,(H,16,17)(H,18,19)/b8-6+/t10-/m0/s1. The van der Waals surface area contributed by atoms with Crippen LogP contribution >= 0.6 is 0 Å². The molecule has 1 atom stereocenters. The van der Waals surface area contributed by atoms with Crippen LogP contribution in [0.2, 0.25) is 0 Å². The molecule has 0 aliphatic rings. The lowest BCUT2D eigenvalue weighted by Gasteiger charge is -2.09. The van der Waals surface area contributed by atoms with Gasteiger partial charge in [-0.15, -0.1) is 0 Å². The van der Waals surface area contributed by atoms with Crippen LogP contribution in [0.5, 0.6) is 11.5 Å². The van der Waals surface area contributed by atoms with Crippen molar-refractivity contribution in [1.82, 2.24) is 5.32 Å². The predicted molar refractivity (Wildman–Crippen MR) is 78.4 cm³/mol. The van der Waals surface area contributed by atoms with Crippen molar-refractivity contribution in [2.75, 3.05) is 13.7 Å². The number of hydrogen-bond donors (Lipinski definition) is 2. The van der Waals surface area contributed by atoms with E-state index >= 15 is 0 Å². The fourth-order valence-corrected chi connectivity index (χ4v) is 1.56. The fourth-order valence-electron chi connectivity index (χ4n) is 1.56. The van der Waals surface area contributed by atoms with Crippen molar-refractivity contribution in [2.45, 2.75) is 19.9 Å². The van der Waals surface area contributed by atoms with Crippen molar-refractivity contribution >= 4 is 18.0 Å². The van der Waals surface area contributed by atoms with Gasteiger partial charge in [-0.1, -0.05) is 6.07 Å². The number of carbonyl (C=O) groups excluding carboxylic acids is 1. The Balaban J connectivity index is 2.76. The summed E-state index contributed by atoms with van der Waals surface area (Å²) in [6, 6.07) is 4.32. The second-order valence-corrected chi connectivity index (χ2v) is 4.25. The molecule has 0 fully saturated rings. The molecule has 6 heteroatoms. The highest BCUT2D eigenvalue weighted by Gasteiger charge is 2.11. The van der Waals surface area contributed by atoms with E-state index in [0.29, 0.717) is 18.1 Å². The Labute approximate surface area is 123 Å².